The maximum absolute atomic E-state index is 12.5. The molecule has 0 fully saturated rings. The molecule has 0 N–H and O–H groups in total. The second kappa shape index (κ2) is 5.56. The summed E-state index contributed by atoms with van der Waals surface area (Å²) in [5.74, 6) is 0. The van der Waals surface area contributed by atoms with Gasteiger partial charge >= 0.3 is 7.60 Å². The number of unbranched alkanes of at least 4 members (excludes halogenated alkanes) is 1. The Morgan fingerprint density at radius 3 is 2.83 bits per heavy atom. The van der Waals surface area contributed by atoms with E-state index in [1.165, 1.54) is 18.4 Å². The van der Waals surface area contributed by atoms with Gasteiger partial charge in [-0.25, -0.2) is 0 Å². The lowest BCUT2D eigenvalue weighted by Crippen LogP contribution is -2.11. The molecule has 1 aromatic carbocycles. The molecule has 1 heterocycles. The second-order valence-corrected chi connectivity index (χ2v) is 6.67. The van der Waals surface area contributed by atoms with Gasteiger partial charge in [0, 0.05) is 0 Å². The minimum atomic E-state index is -3.04. The number of benzene rings is 1. The molecule has 0 amide bonds. The molecular weight excluding hydrogens is 247 g/mol. The average Bonchev–Trinajstić information content (AvgIpc) is 2.65. The zero-order chi connectivity index (χ0) is 13.2. The van der Waals surface area contributed by atoms with Gasteiger partial charge in [0.2, 0.25) is 0 Å². The Hall–Kier alpha value is -0.630. The van der Waals surface area contributed by atoms with Crippen LogP contribution in [0.1, 0.15) is 43.4 Å². The molecule has 1 aliphatic rings. The van der Waals surface area contributed by atoms with Gasteiger partial charge < -0.3 is 9.05 Å². The van der Waals surface area contributed by atoms with Crippen LogP contribution in [-0.2, 0) is 26.6 Å². The molecule has 3 nitrogen and oxygen atoms in total. The monoisotopic (exact) mass is 268 g/mol. The molecule has 0 aliphatic carbocycles. The van der Waals surface area contributed by atoms with Gasteiger partial charge in [-0.15, -0.1) is 0 Å². The molecule has 1 aromatic rings. The Bertz CT molecular complexity index is 482. The summed E-state index contributed by atoms with van der Waals surface area (Å²) in [7, 11) is -3.04. The summed E-state index contributed by atoms with van der Waals surface area (Å²) in [6.07, 6.45) is 3.44. The maximum Gasteiger partial charge on any atom is 0.362 e. The average molecular weight is 268 g/mol. The zero-order valence-electron chi connectivity index (χ0n) is 11.4. The Morgan fingerprint density at radius 2 is 2.17 bits per heavy atom. The van der Waals surface area contributed by atoms with Gasteiger partial charge in [0.15, 0.2) is 0 Å². The molecule has 0 saturated heterocycles. The molecule has 1 aliphatic heterocycles. The molecule has 1 atom stereocenters. The lowest BCUT2D eigenvalue weighted by molar-refractivity contribution is 0.225. The fourth-order valence-corrected chi connectivity index (χ4v) is 4.41. The lowest BCUT2D eigenvalue weighted by atomic mass is 10.0. The SMILES string of the molecule is CCCCc1cc(C)c2c(c1)COP2(=O)OCC. The van der Waals surface area contributed by atoms with Crippen molar-refractivity contribution in [2.24, 2.45) is 0 Å². The minimum Gasteiger partial charge on any atom is -0.305 e. The normalized spacial score (nSPS) is 22.2. The minimum absolute atomic E-state index is 0.410. The van der Waals surface area contributed by atoms with E-state index in [1.807, 2.05) is 13.8 Å². The Labute approximate surface area is 109 Å². The summed E-state index contributed by atoms with van der Waals surface area (Å²) in [6.45, 7) is 6.84. The van der Waals surface area contributed by atoms with Crippen LogP contribution in [0.4, 0.5) is 0 Å². The zero-order valence-corrected chi connectivity index (χ0v) is 12.3. The Balaban J connectivity index is 2.35. The number of aryl methyl sites for hydroxylation is 2. The first kappa shape index (κ1) is 13.8. The highest BCUT2D eigenvalue weighted by molar-refractivity contribution is 7.62. The van der Waals surface area contributed by atoms with Crippen molar-refractivity contribution in [1.82, 2.24) is 0 Å². The van der Waals surface area contributed by atoms with E-state index < -0.39 is 7.60 Å². The first-order valence-electron chi connectivity index (χ1n) is 6.62. The van der Waals surface area contributed by atoms with Crippen molar-refractivity contribution in [1.29, 1.82) is 0 Å². The first-order valence-corrected chi connectivity index (χ1v) is 8.17. The second-order valence-electron chi connectivity index (χ2n) is 4.71. The summed E-state index contributed by atoms with van der Waals surface area (Å²) in [6, 6.07) is 4.24. The molecule has 0 radical (unpaired) electrons. The largest absolute Gasteiger partial charge is 0.362 e. The summed E-state index contributed by atoms with van der Waals surface area (Å²) in [4.78, 5) is 0. The smallest absolute Gasteiger partial charge is 0.305 e. The molecule has 4 heteroatoms. The van der Waals surface area contributed by atoms with Gasteiger partial charge in [-0.2, -0.15) is 0 Å². The predicted molar refractivity (Wildman–Crippen MR) is 73.4 cm³/mol. The summed E-state index contributed by atoms with van der Waals surface area (Å²) >= 11 is 0. The quantitative estimate of drug-likeness (QED) is 0.763. The van der Waals surface area contributed by atoms with Crippen LogP contribution >= 0.6 is 7.60 Å². The third-order valence-electron chi connectivity index (χ3n) is 3.22. The van der Waals surface area contributed by atoms with Crippen molar-refractivity contribution in [3.63, 3.8) is 0 Å². The molecule has 18 heavy (non-hydrogen) atoms. The van der Waals surface area contributed by atoms with E-state index in [1.54, 1.807) is 0 Å². The fourth-order valence-electron chi connectivity index (χ4n) is 2.45. The van der Waals surface area contributed by atoms with Crippen LogP contribution in [-0.4, -0.2) is 6.61 Å². The van der Waals surface area contributed by atoms with Gasteiger partial charge in [-0.3, -0.25) is 4.57 Å². The highest BCUT2D eigenvalue weighted by Gasteiger charge is 2.37. The third-order valence-corrected chi connectivity index (χ3v) is 5.48. The van der Waals surface area contributed by atoms with E-state index in [9.17, 15) is 4.57 Å². The molecule has 100 valence electrons. The van der Waals surface area contributed by atoms with Gasteiger partial charge in [0.1, 0.15) is 0 Å². The summed E-state index contributed by atoms with van der Waals surface area (Å²) in [5.41, 5.74) is 3.38. The van der Waals surface area contributed by atoms with Crippen LogP contribution in [0.3, 0.4) is 0 Å². The Morgan fingerprint density at radius 1 is 1.39 bits per heavy atom. The molecular formula is C14H21O3P. The van der Waals surface area contributed by atoms with E-state index in [2.05, 4.69) is 19.1 Å². The topological polar surface area (TPSA) is 35.5 Å². The molecule has 1 unspecified atom stereocenters. The number of fused-ring (bicyclic) bond motifs is 1. The summed E-state index contributed by atoms with van der Waals surface area (Å²) < 4.78 is 23.3. The molecule has 0 spiro atoms. The van der Waals surface area contributed by atoms with Gasteiger partial charge in [0.05, 0.1) is 18.5 Å². The van der Waals surface area contributed by atoms with Gasteiger partial charge in [0.25, 0.3) is 0 Å². The highest BCUT2D eigenvalue weighted by Crippen LogP contribution is 2.53. The Kier molecular flexibility index (Phi) is 4.26. The van der Waals surface area contributed by atoms with E-state index >= 15 is 0 Å². The molecule has 0 saturated carbocycles. The van der Waals surface area contributed by atoms with Crippen LogP contribution < -0.4 is 5.30 Å². The maximum atomic E-state index is 12.5. The highest BCUT2D eigenvalue weighted by atomic mass is 31.2. The molecule has 2 rings (SSSR count). The molecule has 0 bridgehead atoms. The van der Waals surface area contributed by atoms with Crippen molar-refractivity contribution in [2.45, 2.75) is 46.6 Å². The lowest BCUT2D eigenvalue weighted by Gasteiger charge is -2.13. The molecule has 0 aromatic heterocycles. The summed E-state index contributed by atoms with van der Waals surface area (Å²) in [5, 5.41) is 0.796. The van der Waals surface area contributed by atoms with Gasteiger partial charge in [-0.1, -0.05) is 25.5 Å². The van der Waals surface area contributed by atoms with Crippen LogP contribution in [0.25, 0.3) is 0 Å². The van der Waals surface area contributed by atoms with E-state index in [-0.39, 0.29) is 0 Å². The standard InChI is InChI=1S/C14H21O3P/c1-4-6-7-12-8-11(3)14-13(9-12)10-17-18(14,15)16-5-2/h8-9H,4-7,10H2,1-3H3. The van der Waals surface area contributed by atoms with Crippen molar-refractivity contribution in [3.8, 4) is 0 Å². The van der Waals surface area contributed by atoms with Crippen LogP contribution in [0.5, 0.6) is 0 Å². The van der Waals surface area contributed by atoms with Crippen molar-refractivity contribution < 1.29 is 13.6 Å². The fraction of sp³-hybridized carbons (Fsp3) is 0.571. The van der Waals surface area contributed by atoms with Crippen LogP contribution in [0, 0.1) is 6.92 Å². The number of hydrogen-bond donors (Lipinski definition) is 0. The first-order chi connectivity index (χ1) is 8.60. The van der Waals surface area contributed by atoms with E-state index in [4.69, 9.17) is 9.05 Å². The van der Waals surface area contributed by atoms with Crippen LogP contribution in [0.15, 0.2) is 12.1 Å². The predicted octanol–water partition coefficient (Wildman–Crippen LogP) is 3.72. The van der Waals surface area contributed by atoms with Crippen molar-refractivity contribution in [2.75, 3.05) is 6.61 Å². The van der Waals surface area contributed by atoms with Crippen molar-refractivity contribution >= 4 is 12.9 Å². The van der Waals surface area contributed by atoms with Crippen LogP contribution in [0.2, 0.25) is 0 Å². The van der Waals surface area contributed by atoms with E-state index in [0.717, 1.165) is 22.9 Å². The number of hydrogen-bond acceptors (Lipinski definition) is 3. The third kappa shape index (κ3) is 2.54. The van der Waals surface area contributed by atoms with Crippen molar-refractivity contribution in [3.05, 3.63) is 28.8 Å². The van der Waals surface area contributed by atoms with Gasteiger partial charge in [-0.05, 0) is 43.4 Å². The van der Waals surface area contributed by atoms with E-state index in [0.29, 0.717) is 13.2 Å². The number of rotatable bonds is 5.